The van der Waals surface area contributed by atoms with E-state index in [0.717, 1.165) is 5.56 Å². The van der Waals surface area contributed by atoms with Gasteiger partial charge in [0.15, 0.2) is 5.78 Å². The van der Waals surface area contributed by atoms with Crippen LogP contribution in [0.4, 0.5) is 14.9 Å². The zero-order chi connectivity index (χ0) is 26.6. The van der Waals surface area contributed by atoms with Crippen LogP contribution in [0.1, 0.15) is 55.1 Å². The summed E-state index contributed by atoms with van der Waals surface area (Å²) >= 11 is 0. The maximum Gasteiger partial charge on any atom is 0.410 e. The molecule has 0 atom stereocenters. The summed E-state index contributed by atoms with van der Waals surface area (Å²) in [4.78, 5) is 41.4. The molecule has 0 aliphatic carbocycles. The Kier molecular flexibility index (Phi) is 7.43. The number of ether oxygens (including phenoxy) is 1. The minimum atomic E-state index is -0.923. The number of ketones is 1. The number of benzene rings is 3. The lowest BCUT2D eigenvalue weighted by Gasteiger charge is -2.41. The molecule has 1 aliphatic rings. The number of piperidine rings is 1. The van der Waals surface area contributed by atoms with Gasteiger partial charge in [0, 0.05) is 18.7 Å². The Bertz CT molecular complexity index is 1290. The van der Waals surface area contributed by atoms with Crippen LogP contribution in [-0.4, -0.2) is 41.4 Å². The van der Waals surface area contributed by atoms with Crippen molar-refractivity contribution in [1.82, 2.24) is 4.90 Å². The molecule has 192 valence electrons. The van der Waals surface area contributed by atoms with E-state index in [9.17, 15) is 18.8 Å². The molecule has 0 bridgehead atoms. The lowest BCUT2D eigenvalue weighted by Crippen LogP contribution is -2.51. The summed E-state index contributed by atoms with van der Waals surface area (Å²) in [6.07, 6.45) is 0.354. The fourth-order valence-corrected chi connectivity index (χ4v) is 4.62. The van der Waals surface area contributed by atoms with E-state index in [1.807, 2.05) is 51.1 Å². The number of carbonyl (C=O) groups is 3. The van der Waals surface area contributed by atoms with Crippen LogP contribution in [0, 0.1) is 5.82 Å². The minimum absolute atomic E-state index is 0.0624. The maximum atomic E-state index is 14.3. The van der Waals surface area contributed by atoms with Crippen LogP contribution in [0.15, 0.2) is 78.9 Å². The van der Waals surface area contributed by atoms with Gasteiger partial charge in [0.2, 0.25) is 5.91 Å². The summed E-state index contributed by atoms with van der Waals surface area (Å²) < 4.78 is 19.9. The fourth-order valence-electron chi connectivity index (χ4n) is 4.62. The van der Waals surface area contributed by atoms with Gasteiger partial charge in [0.25, 0.3) is 0 Å². The average molecular weight is 503 g/mol. The molecule has 3 aromatic carbocycles. The highest BCUT2D eigenvalue weighted by Gasteiger charge is 2.44. The Morgan fingerprint density at radius 1 is 0.838 bits per heavy atom. The third-order valence-corrected chi connectivity index (χ3v) is 6.57. The Labute approximate surface area is 216 Å². The lowest BCUT2D eigenvalue weighted by molar-refractivity contribution is -0.123. The molecule has 3 aromatic rings. The first-order chi connectivity index (χ1) is 17.6. The van der Waals surface area contributed by atoms with Crippen molar-refractivity contribution in [2.75, 3.05) is 18.4 Å². The number of likely N-dealkylation sites (tertiary alicyclic amines) is 1. The van der Waals surface area contributed by atoms with Crippen molar-refractivity contribution < 1.29 is 23.5 Å². The van der Waals surface area contributed by atoms with E-state index in [-0.39, 0.29) is 17.0 Å². The molecule has 0 unspecified atom stereocenters. The molecule has 1 aliphatic heterocycles. The number of amides is 2. The van der Waals surface area contributed by atoms with Crippen molar-refractivity contribution in [3.63, 3.8) is 0 Å². The second-order valence-electron chi connectivity index (χ2n) is 10.2. The highest BCUT2D eigenvalue weighted by Crippen LogP contribution is 2.38. The normalized spacial score (nSPS) is 15.1. The van der Waals surface area contributed by atoms with Crippen molar-refractivity contribution in [1.29, 1.82) is 0 Å². The number of anilines is 1. The Morgan fingerprint density at radius 3 is 2.03 bits per heavy atom. The third-order valence-electron chi connectivity index (χ3n) is 6.57. The van der Waals surface area contributed by atoms with Crippen molar-refractivity contribution in [2.24, 2.45) is 0 Å². The van der Waals surface area contributed by atoms with Gasteiger partial charge in [-0.05, 0) is 63.4 Å². The highest BCUT2D eigenvalue weighted by molar-refractivity contribution is 6.14. The van der Waals surface area contributed by atoms with Crippen molar-refractivity contribution in [2.45, 2.75) is 44.6 Å². The zero-order valence-electron chi connectivity index (χ0n) is 21.3. The summed E-state index contributed by atoms with van der Waals surface area (Å²) in [6.45, 7) is 6.13. The molecule has 0 radical (unpaired) electrons. The maximum absolute atomic E-state index is 14.3. The summed E-state index contributed by atoms with van der Waals surface area (Å²) in [5.41, 5.74) is -0.256. The van der Waals surface area contributed by atoms with Gasteiger partial charge < -0.3 is 15.0 Å². The van der Waals surface area contributed by atoms with Crippen molar-refractivity contribution in [3.05, 3.63) is 101 Å². The van der Waals surface area contributed by atoms with E-state index in [0.29, 0.717) is 31.6 Å². The standard InChI is InChI=1S/C30H31FN2O4/c1-29(2,3)37-28(36)33-19-17-30(18-20-33,21-11-5-4-6-12-21)27(35)32-25-16-10-8-14-23(25)26(34)22-13-7-9-15-24(22)31/h4-16H,17-20H2,1-3H3,(H,32,35). The van der Waals surface area contributed by atoms with E-state index in [4.69, 9.17) is 4.74 Å². The van der Waals surface area contributed by atoms with Crippen molar-refractivity contribution >= 4 is 23.5 Å². The molecule has 4 rings (SSSR count). The molecule has 7 heteroatoms. The number of hydrogen-bond acceptors (Lipinski definition) is 4. The quantitative estimate of drug-likeness (QED) is 0.437. The first kappa shape index (κ1) is 26.1. The van der Waals surface area contributed by atoms with E-state index >= 15 is 0 Å². The van der Waals surface area contributed by atoms with Crippen molar-refractivity contribution in [3.8, 4) is 0 Å². The van der Waals surface area contributed by atoms with Crippen LogP contribution in [0.2, 0.25) is 0 Å². The number of halogens is 1. The summed E-state index contributed by atoms with van der Waals surface area (Å²) in [5.74, 6) is -1.41. The van der Waals surface area contributed by atoms with Gasteiger partial charge in [0.1, 0.15) is 11.4 Å². The van der Waals surface area contributed by atoms with Crippen LogP contribution >= 0.6 is 0 Å². The molecule has 1 saturated heterocycles. The summed E-state index contributed by atoms with van der Waals surface area (Å²) in [7, 11) is 0. The molecular formula is C30H31FN2O4. The highest BCUT2D eigenvalue weighted by atomic mass is 19.1. The van der Waals surface area contributed by atoms with Crippen LogP contribution in [0.3, 0.4) is 0 Å². The van der Waals surface area contributed by atoms with Gasteiger partial charge >= 0.3 is 6.09 Å². The molecule has 1 heterocycles. The topological polar surface area (TPSA) is 75.7 Å². The van der Waals surface area contributed by atoms with E-state index in [1.165, 1.54) is 18.2 Å². The van der Waals surface area contributed by atoms with Crippen LogP contribution in [0.5, 0.6) is 0 Å². The van der Waals surface area contributed by atoms with E-state index in [2.05, 4.69) is 5.32 Å². The Morgan fingerprint density at radius 2 is 1.41 bits per heavy atom. The number of para-hydroxylation sites is 1. The number of hydrogen-bond donors (Lipinski definition) is 1. The molecule has 1 N–H and O–H groups in total. The van der Waals surface area contributed by atoms with Gasteiger partial charge in [0.05, 0.1) is 16.7 Å². The monoisotopic (exact) mass is 502 g/mol. The average Bonchev–Trinajstić information content (AvgIpc) is 2.88. The van der Waals surface area contributed by atoms with Gasteiger partial charge in [-0.25, -0.2) is 9.18 Å². The predicted octanol–water partition coefficient (Wildman–Crippen LogP) is 5.96. The van der Waals surface area contributed by atoms with Gasteiger partial charge in [-0.1, -0.05) is 54.6 Å². The third kappa shape index (κ3) is 5.71. The minimum Gasteiger partial charge on any atom is -0.444 e. The van der Waals surface area contributed by atoms with Crippen LogP contribution < -0.4 is 5.32 Å². The lowest BCUT2D eigenvalue weighted by atomic mass is 9.72. The van der Waals surface area contributed by atoms with Gasteiger partial charge in [-0.15, -0.1) is 0 Å². The number of carbonyl (C=O) groups excluding carboxylic acids is 3. The van der Waals surface area contributed by atoms with Crippen LogP contribution in [-0.2, 0) is 14.9 Å². The molecule has 6 nitrogen and oxygen atoms in total. The largest absolute Gasteiger partial charge is 0.444 e. The van der Waals surface area contributed by atoms with E-state index < -0.39 is 28.7 Å². The molecule has 2 amide bonds. The predicted molar refractivity (Wildman–Crippen MR) is 140 cm³/mol. The SMILES string of the molecule is CC(C)(C)OC(=O)N1CCC(C(=O)Nc2ccccc2C(=O)c2ccccc2F)(c2ccccc2)CC1. The van der Waals surface area contributed by atoms with E-state index in [1.54, 1.807) is 35.2 Å². The smallest absolute Gasteiger partial charge is 0.410 e. The first-order valence-corrected chi connectivity index (χ1v) is 12.3. The summed E-state index contributed by atoms with van der Waals surface area (Å²) in [5, 5.41) is 2.96. The number of rotatable bonds is 5. The number of nitrogens with zero attached hydrogens (tertiary/aromatic N) is 1. The summed E-state index contributed by atoms with van der Waals surface area (Å²) in [6, 6.07) is 21.8. The second kappa shape index (κ2) is 10.5. The first-order valence-electron chi connectivity index (χ1n) is 12.3. The molecule has 0 saturated carbocycles. The molecule has 0 spiro atoms. The molecule has 37 heavy (non-hydrogen) atoms. The second-order valence-corrected chi connectivity index (χ2v) is 10.2. The molecule has 0 aromatic heterocycles. The molecular weight excluding hydrogens is 471 g/mol. The number of nitrogens with one attached hydrogen (secondary N) is 1. The van der Waals surface area contributed by atoms with Gasteiger partial charge in [-0.3, -0.25) is 9.59 Å². The van der Waals surface area contributed by atoms with Gasteiger partial charge in [-0.2, -0.15) is 0 Å². The molecule has 1 fully saturated rings. The Balaban J connectivity index is 1.62. The fraction of sp³-hybridized carbons (Fsp3) is 0.300. The van der Waals surface area contributed by atoms with Crippen LogP contribution in [0.25, 0.3) is 0 Å². The Hall–Kier alpha value is -4.00. The zero-order valence-corrected chi connectivity index (χ0v) is 21.3.